The minimum Gasteiger partial charge on any atom is -0.497 e. The Bertz CT molecular complexity index is 835. The first-order valence-corrected chi connectivity index (χ1v) is 10.2. The summed E-state index contributed by atoms with van der Waals surface area (Å²) in [6.45, 7) is 4.39. The molecule has 1 saturated heterocycles. The smallest absolute Gasteiger partial charge is 0.303 e. The van der Waals surface area contributed by atoms with Gasteiger partial charge in [0.2, 0.25) is 0 Å². The van der Waals surface area contributed by atoms with Crippen molar-refractivity contribution in [3.05, 3.63) is 29.8 Å². The van der Waals surface area contributed by atoms with Gasteiger partial charge in [0, 0.05) is 27.7 Å². The van der Waals surface area contributed by atoms with Crippen molar-refractivity contribution < 1.29 is 52.3 Å². The fourth-order valence-electron chi connectivity index (χ4n) is 3.22. The summed E-state index contributed by atoms with van der Waals surface area (Å²) >= 11 is 0. The van der Waals surface area contributed by atoms with Crippen LogP contribution >= 0.6 is 0 Å². The summed E-state index contributed by atoms with van der Waals surface area (Å²) in [5, 5.41) is 0. The Labute approximate surface area is 191 Å². The molecule has 0 aromatic heterocycles. The van der Waals surface area contributed by atoms with E-state index in [0.29, 0.717) is 5.75 Å². The van der Waals surface area contributed by atoms with Crippen molar-refractivity contribution in [2.45, 2.75) is 65.0 Å². The zero-order valence-electron chi connectivity index (χ0n) is 19.1. The summed E-state index contributed by atoms with van der Waals surface area (Å²) < 4.78 is 37.9. The molecule has 0 saturated carbocycles. The molecule has 0 radical (unpaired) electrons. The SMILES string of the molecule is COc1ccc(CO[C@@H]2O[C@H](COC(C)=O)[C@H](OC(C)=O)[C@H](OC(C)=O)[C@H]2OC(C)=O)cc1. The highest BCUT2D eigenvalue weighted by atomic mass is 16.7. The second kappa shape index (κ2) is 12.2. The first-order chi connectivity index (χ1) is 15.6. The van der Waals surface area contributed by atoms with Crippen molar-refractivity contribution in [2.24, 2.45) is 0 Å². The number of esters is 4. The second-order valence-electron chi connectivity index (χ2n) is 7.23. The Morgan fingerprint density at radius 2 is 1.33 bits per heavy atom. The van der Waals surface area contributed by atoms with E-state index in [-0.39, 0.29) is 13.2 Å². The third kappa shape index (κ3) is 8.03. The van der Waals surface area contributed by atoms with Crippen molar-refractivity contribution in [2.75, 3.05) is 13.7 Å². The predicted octanol–water partition coefficient (Wildman–Crippen LogP) is 1.29. The van der Waals surface area contributed by atoms with Gasteiger partial charge in [-0.15, -0.1) is 0 Å². The second-order valence-corrected chi connectivity index (χ2v) is 7.23. The van der Waals surface area contributed by atoms with Crippen molar-refractivity contribution in [1.29, 1.82) is 0 Å². The average molecular weight is 468 g/mol. The van der Waals surface area contributed by atoms with Crippen molar-refractivity contribution in [1.82, 2.24) is 0 Å². The number of carbonyl (C=O) groups excluding carboxylic acids is 4. The molecule has 0 bridgehead atoms. The molecule has 11 heteroatoms. The molecular formula is C22H28O11. The molecule has 1 aliphatic heterocycles. The average Bonchev–Trinajstić information content (AvgIpc) is 2.73. The number of ether oxygens (including phenoxy) is 7. The first kappa shape index (κ1) is 26.1. The molecule has 1 aromatic carbocycles. The van der Waals surface area contributed by atoms with Gasteiger partial charge >= 0.3 is 23.9 Å². The summed E-state index contributed by atoms with van der Waals surface area (Å²) in [5.41, 5.74) is 0.753. The topological polar surface area (TPSA) is 133 Å². The van der Waals surface area contributed by atoms with Crippen LogP contribution in [0.4, 0.5) is 0 Å². The largest absolute Gasteiger partial charge is 0.497 e. The van der Waals surface area contributed by atoms with Crippen LogP contribution in [0, 0.1) is 0 Å². The maximum atomic E-state index is 11.8. The lowest BCUT2D eigenvalue weighted by Gasteiger charge is -2.44. The van der Waals surface area contributed by atoms with E-state index in [1.165, 1.54) is 6.92 Å². The Hall–Kier alpha value is -3.18. The molecule has 33 heavy (non-hydrogen) atoms. The molecule has 1 aromatic rings. The first-order valence-electron chi connectivity index (χ1n) is 10.2. The highest BCUT2D eigenvalue weighted by Crippen LogP contribution is 2.30. The van der Waals surface area contributed by atoms with E-state index in [4.69, 9.17) is 33.2 Å². The summed E-state index contributed by atoms with van der Waals surface area (Å²) in [7, 11) is 1.54. The van der Waals surface area contributed by atoms with E-state index in [9.17, 15) is 19.2 Å². The van der Waals surface area contributed by atoms with Crippen LogP contribution in [0.3, 0.4) is 0 Å². The molecule has 0 spiro atoms. The Balaban J connectivity index is 2.33. The van der Waals surface area contributed by atoms with E-state index in [2.05, 4.69) is 0 Å². The van der Waals surface area contributed by atoms with Crippen LogP contribution in [0.5, 0.6) is 5.75 Å². The molecule has 182 valence electrons. The zero-order valence-corrected chi connectivity index (χ0v) is 19.1. The van der Waals surface area contributed by atoms with Crippen LogP contribution < -0.4 is 4.74 Å². The highest BCUT2D eigenvalue weighted by molar-refractivity contribution is 5.68. The maximum Gasteiger partial charge on any atom is 0.303 e. The third-order valence-corrected chi connectivity index (χ3v) is 4.52. The van der Waals surface area contributed by atoms with Crippen LogP contribution in [-0.4, -0.2) is 68.3 Å². The molecule has 0 amide bonds. The van der Waals surface area contributed by atoms with Crippen molar-refractivity contribution in [3.63, 3.8) is 0 Å². The summed E-state index contributed by atoms with van der Waals surface area (Å²) in [5.74, 6) is -2.05. The molecule has 1 fully saturated rings. The van der Waals surface area contributed by atoms with E-state index in [1.807, 2.05) is 0 Å². The lowest BCUT2D eigenvalue weighted by molar-refractivity contribution is -0.310. The standard InChI is InChI=1S/C22H28O11/c1-12(23)28-11-18-19(30-13(2)24)20(31-14(3)25)21(32-15(4)26)22(33-18)29-10-16-6-8-17(27-5)9-7-16/h6-9,18-22H,10-11H2,1-5H3/t18-,19+,20+,21-,22-/m1/s1. The molecular weight excluding hydrogens is 440 g/mol. The fraction of sp³-hybridized carbons (Fsp3) is 0.545. The number of benzene rings is 1. The Morgan fingerprint density at radius 1 is 0.788 bits per heavy atom. The van der Waals surface area contributed by atoms with E-state index in [1.54, 1.807) is 31.4 Å². The quantitative estimate of drug-likeness (QED) is 0.383. The zero-order chi connectivity index (χ0) is 24.5. The molecule has 0 N–H and O–H groups in total. The van der Waals surface area contributed by atoms with Crippen LogP contribution in [0.15, 0.2) is 24.3 Å². The molecule has 0 aliphatic carbocycles. The summed E-state index contributed by atoms with van der Waals surface area (Å²) in [4.78, 5) is 46.7. The van der Waals surface area contributed by atoms with Gasteiger partial charge in [-0.2, -0.15) is 0 Å². The third-order valence-electron chi connectivity index (χ3n) is 4.52. The number of rotatable bonds is 9. The van der Waals surface area contributed by atoms with Crippen LogP contribution in [0.1, 0.15) is 33.3 Å². The molecule has 5 atom stereocenters. The minimum atomic E-state index is -1.27. The molecule has 1 heterocycles. The molecule has 0 unspecified atom stereocenters. The van der Waals surface area contributed by atoms with Crippen LogP contribution in [0.2, 0.25) is 0 Å². The number of hydrogen-bond acceptors (Lipinski definition) is 11. The Morgan fingerprint density at radius 3 is 1.85 bits per heavy atom. The van der Waals surface area contributed by atoms with Gasteiger partial charge in [0.1, 0.15) is 18.5 Å². The monoisotopic (exact) mass is 468 g/mol. The normalized spacial score (nSPS) is 24.3. The van der Waals surface area contributed by atoms with E-state index < -0.39 is 54.6 Å². The molecule has 2 rings (SSSR count). The maximum absolute atomic E-state index is 11.8. The van der Waals surface area contributed by atoms with Gasteiger partial charge in [0.25, 0.3) is 0 Å². The molecule has 1 aliphatic rings. The number of hydrogen-bond donors (Lipinski definition) is 0. The van der Waals surface area contributed by atoms with Gasteiger partial charge in [0.15, 0.2) is 24.6 Å². The fourth-order valence-corrected chi connectivity index (χ4v) is 3.22. The Kier molecular flexibility index (Phi) is 9.61. The lowest BCUT2D eigenvalue weighted by atomic mass is 9.98. The number of carbonyl (C=O) groups is 4. The van der Waals surface area contributed by atoms with E-state index >= 15 is 0 Å². The van der Waals surface area contributed by atoms with Crippen LogP contribution in [0.25, 0.3) is 0 Å². The highest BCUT2D eigenvalue weighted by Gasteiger charge is 2.52. The number of methoxy groups -OCH3 is 1. The van der Waals surface area contributed by atoms with Gasteiger partial charge < -0.3 is 33.2 Å². The van der Waals surface area contributed by atoms with Crippen LogP contribution in [-0.2, 0) is 54.2 Å². The van der Waals surface area contributed by atoms with Gasteiger partial charge in [-0.05, 0) is 17.7 Å². The van der Waals surface area contributed by atoms with Gasteiger partial charge in [0.05, 0.1) is 13.7 Å². The van der Waals surface area contributed by atoms with Crippen molar-refractivity contribution in [3.8, 4) is 5.75 Å². The summed E-state index contributed by atoms with van der Waals surface area (Å²) in [6, 6.07) is 7.02. The minimum absolute atomic E-state index is 0.0394. The van der Waals surface area contributed by atoms with Crippen molar-refractivity contribution >= 4 is 23.9 Å². The summed E-state index contributed by atoms with van der Waals surface area (Å²) in [6.07, 6.45) is -6.05. The molecule has 11 nitrogen and oxygen atoms in total. The predicted molar refractivity (Wildman–Crippen MR) is 110 cm³/mol. The van der Waals surface area contributed by atoms with Gasteiger partial charge in [-0.3, -0.25) is 19.2 Å². The lowest BCUT2D eigenvalue weighted by Crippen LogP contribution is -2.62. The van der Waals surface area contributed by atoms with Gasteiger partial charge in [-0.1, -0.05) is 12.1 Å². The van der Waals surface area contributed by atoms with E-state index in [0.717, 1.165) is 26.3 Å². The van der Waals surface area contributed by atoms with Gasteiger partial charge in [-0.25, -0.2) is 0 Å².